The van der Waals surface area contributed by atoms with Gasteiger partial charge in [0.15, 0.2) is 0 Å². The molecule has 0 bridgehead atoms. The van der Waals surface area contributed by atoms with Crippen molar-refractivity contribution in [3.63, 3.8) is 0 Å². The third-order valence-corrected chi connectivity index (χ3v) is 11.4. The van der Waals surface area contributed by atoms with Crippen LogP contribution in [0.1, 0.15) is 5.56 Å². The second-order valence-corrected chi connectivity index (χ2v) is 13.0. The van der Waals surface area contributed by atoms with Crippen molar-refractivity contribution in [2.45, 2.75) is 33.8 Å². The van der Waals surface area contributed by atoms with E-state index in [4.69, 9.17) is 4.74 Å². The molecule has 0 aliphatic carbocycles. The van der Waals surface area contributed by atoms with E-state index < -0.39 is 60.8 Å². The van der Waals surface area contributed by atoms with Gasteiger partial charge in [0, 0.05) is 0 Å². The fourth-order valence-electron chi connectivity index (χ4n) is 2.19. The molecule has 0 aliphatic rings. The Morgan fingerprint density at radius 2 is 1.24 bits per heavy atom. The van der Waals surface area contributed by atoms with E-state index in [1.54, 1.807) is 0 Å². The van der Waals surface area contributed by atoms with Gasteiger partial charge in [-0.2, -0.15) is 0 Å². The SMILES string of the molecule is COc1ccc(I(OS(=O)(=O)c2ccc(C)cc2)C(F)(F)C(F)(F)C(F)(F)C(F)(F)F)cc1. The summed E-state index contributed by atoms with van der Waals surface area (Å²) in [4.78, 5) is -0.786. The number of benzene rings is 2. The number of ether oxygens (including phenoxy) is 1. The van der Waals surface area contributed by atoms with Crippen molar-refractivity contribution in [3.05, 3.63) is 57.7 Å². The van der Waals surface area contributed by atoms with Crippen LogP contribution in [0.4, 0.5) is 39.5 Å². The fourth-order valence-corrected chi connectivity index (χ4v) is 9.14. The predicted octanol–water partition coefficient (Wildman–Crippen LogP) is 6.43. The fraction of sp³-hybridized carbons (Fsp3) is 0.333. The van der Waals surface area contributed by atoms with E-state index in [1.165, 1.54) is 19.1 Å². The van der Waals surface area contributed by atoms with Gasteiger partial charge in [-0.3, -0.25) is 0 Å². The van der Waals surface area contributed by atoms with Crippen LogP contribution in [-0.2, 0) is 12.6 Å². The van der Waals surface area contributed by atoms with Crippen LogP contribution in [0.5, 0.6) is 5.75 Å². The van der Waals surface area contributed by atoms with Gasteiger partial charge in [-0.25, -0.2) is 0 Å². The summed E-state index contributed by atoms with van der Waals surface area (Å²) in [5, 5.41) is 0. The van der Waals surface area contributed by atoms with E-state index >= 15 is 0 Å². The van der Waals surface area contributed by atoms with Crippen LogP contribution in [0.15, 0.2) is 53.4 Å². The van der Waals surface area contributed by atoms with Crippen LogP contribution < -0.4 is 4.74 Å². The van der Waals surface area contributed by atoms with Crippen molar-refractivity contribution in [3.8, 4) is 5.75 Å². The molecule has 0 aromatic heterocycles. The molecule has 186 valence electrons. The first-order chi connectivity index (χ1) is 14.9. The molecule has 0 N–H and O–H groups in total. The van der Waals surface area contributed by atoms with Gasteiger partial charge in [-0.1, -0.05) is 0 Å². The average Bonchev–Trinajstić information content (AvgIpc) is 2.71. The number of halogens is 10. The van der Waals surface area contributed by atoms with Crippen molar-refractivity contribution < 1.29 is 55.2 Å². The molecule has 0 fully saturated rings. The molecule has 0 saturated heterocycles. The van der Waals surface area contributed by atoms with Gasteiger partial charge in [0.25, 0.3) is 0 Å². The van der Waals surface area contributed by atoms with Crippen LogP contribution in [-0.4, -0.2) is 37.5 Å². The molecule has 0 saturated carbocycles. The topological polar surface area (TPSA) is 52.6 Å². The molecule has 2 aromatic rings. The molecule has 33 heavy (non-hydrogen) atoms. The van der Waals surface area contributed by atoms with E-state index in [0.717, 1.165) is 31.4 Å². The number of alkyl halides is 10. The Morgan fingerprint density at radius 3 is 1.67 bits per heavy atom. The maximum absolute atomic E-state index is 14.8. The number of hydrogen-bond acceptors (Lipinski definition) is 4. The summed E-state index contributed by atoms with van der Waals surface area (Å²) < 4.78 is 149. The first-order valence-electron chi connectivity index (χ1n) is 8.44. The van der Waals surface area contributed by atoms with Crippen LogP contribution in [0.3, 0.4) is 0 Å². The first-order valence-corrected chi connectivity index (χ1v) is 12.9. The molecule has 0 spiro atoms. The maximum atomic E-state index is 14.8. The van der Waals surface area contributed by atoms with E-state index in [0.29, 0.717) is 17.7 Å². The Bertz CT molecular complexity index is 1070. The van der Waals surface area contributed by atoms with Gasteiger partial charge in [0.05, 0.1) is 0 Å². The van der Waals surface area contributed by atoms with Crippen molar-refractivity contribution in [2.24, 2.45) is 0 Å². The van der Waals surface area contributed by atoms with Crippen LogP contribution >= 0.6 is 20.2 Å². The molecule has 2 rings (SSSR count). The Hall–Kier alpha value is -1.75. The van der Waals surface area contributed by atoms with Crippen LogP contribution in [0.2, 0.25) is 0 Å². The minimum absolute atomic E-state index is 0.0216. The Balaban J connectivity index is 2.66. The van der Waals surface area contributed by atoms with Gasteiger partial charge in [0.2, 0.25) is 0 Å². The number of hydrogen-bond donors (Lipinski definition) is 0. The van der Waals surface area contributed by atoms with Gasteiger partial charge in [-0.05, 0) is 0 Å². The average molecular weight is 624 g/mol. The molecule has 0 atom stereocenters. The van der Waals surface area contributed by atoms with Crippen LogP contribution in [0.25, 0.3) is 0 Å². The second kappa shape index (κ2) is 9.13. The number of methoxy groups -OCH3 is 1. The van der Waals surface area contributed by atoms with Gasteiger partial charge in [-0.15, -0.1) is 0 Å². The summed E-state index contributed by atoms with van der Waals surface area (Å²) in [6.45, 7) is 1.53. The summed E-state index contributed by atoms with van der Waals surface area (Å²) in [6.07, 6.45) is -7.06. The molecule has 0 amide bonds. The molecule has 2 aromatic carbocycles. The van der Waals surface area contributed by atoms with Crippen molar-refractivity contribution in [2.75, 3.05) is 7.11 Å². The molecule has 0 radical (unpaired) electrons. The zero-order chi connectivity index (χ0) is 25.5. The molecule has 4 nitrogen and oxygen atoms in total. The van der Waals surface area contributed by atoms with Crippen molar-refractivity contribution in [1.29, 1.82) is 0 Å². The molecular formula is C18H14F9IO4S. The zero-order valence-corrected chi connectivity index (χ0v) is 19.4. The first kappa shape index (κ1) is 27.5. The minimum atomic E-state index is -7.19. The van der Waals surface area contributed by atoms with E-state index in [-0.39, 0.29) is 5.75 Å². The summed E-state index contributed by atoms with van der Waals surface area (Å²) in [7, 11) is -4.13. The quantitative estimate of drug-likeness (QED) is 0.193. The predicted molar refractivity (Wildman–Crippen MR) is 106 cm³/mol. The molecule has 0 unspecified atom stereocenters. The summed E-state index contributed by atoms with van der Waals surface area (Å²) in [5.74, 6) is -14.2. The van der Waals surface area contributed by atoms with E-state index in [9.17, 15) is 47.9 Å². The van der Waals surface area contributed by atoms with Gasteiger partial charge in [0.1, 0.15) is 0 Å². The summed E-state index contributed by atoms with van der Waals surface area (Å²) >= 11 is -5.88. The number of rotatable bonds is 8. The molecule has 0 heterocycles. The second-order valence-electron chi connectivity index (χ2n) is 6.38. The Kier molecular flexibility index (Phi) is 7.60. The Labute approximate surface area is 189 Å². The van der Waals surface area contributed by atoms with Crippen molar-refractivity contribution in [1.82, 2.24) is 0 Å². The standard InChI is InChI=1S/C18H14F9IO4S/c1-11-3-9-14(10-4-11)33(29,30)32-28(12-5-7-13(31-2)8-6-12)18(26,27)16(21,22)15(19,20)17(23,24)25/h3-10H,1-2H3. The van der Waals surface area contributed by atoms with E-state index in [2.05, 4.69) is 2.51 Å². The normalized spacial score (nSPS) is 14.2. The third kappa shape index (κ3) is 5.18. The van der Waals surface area contributed by atoms with Gasteiger partial charge >= 0.3 is 190 Å². The van der Waals surface area contributed by atoms with E-state index in [1.807, 2.05) is 0 Å². The molecular weight excluding hydrogens is 610 g/mol. The summed E-state index contributed by atoms with van der Waals surface area (Å²) in [6, 6.07) is 7.20. The zero-order valence-electron chi connectivity index (χ0n) is 16.4. The van der Waals surface area contributed by atoms with Crippen molar-refractivity contribution >= 4 is 30.4 Å². The monoisotopic (exact) mass is 624 g/mol. The number of aryl methyl sites for hydroxylation is 1. The Morgan fingerprint density at radius 1 is 0.758 bits per heavy atom. The van der Waals surface area contributed by atoms with Crippen LogP contribution in [0, 0.1) is 10.5 Å². The molecule has 15 heteroatoms. The molecule has 0 aliphatic heterocycles. The third-order valence-electron chi connectivity index (χ3n) is 4.03. The van der Waals surface area contributed by atoms with Gasteiger partial charge < -0.3 is 0 Å². The summed E-state index contributed by atoms with van der Waals surface area (Å²) in [5.41, 5.74) is 0.515.